The molecule has 1 rings (SSSR count). The van der Waals surface area contributed by atoms with Crippen LogP contribution in [0.2, 0.25) is 0 Å². The van der Waals surface area contributed by atoms with Crippen LogP contribution in [0.15, 0.2) is 0 Å². The maximum absolute atomic E-state index is 13.1. The van der Waals surface area contributed by atoms with E-state index in [0.29, 0.717) is 0 Å². The van der Waals surface area contributed by atoms with Gasteiger partial charge in [-0.15, -0.1) is 13.2 Å². The number of hydrogen-bond acceptors (Lipinski definition) is 5. The highest BCUT2D eigenvalue weighted by molar-refractivity contribution is 5.57. The maximum Gasteiger partial charge on any atom is 0.495 e. The molecule has 0 aromatic carbocycles. The van der Waals surface area contributed by atoms with Crippen molar-refractivity contribution in [2.75, 3.05) is 13.2 Å². The van der Waals surface area contributed by atoms with Crippen LogP contribution in [0.1, 0.15) is 0 Å². The van der Waals surface area contributed by atoms with E-state index >= 15 is 0 Å². The van der Waals surface area contributed by atoms with Gasteiger partial charge in [-0.2, -0.15) is 13.2 Å². The van der Waals surface area contributed by atoms with Crippen LogP contribution in [-0.2, 0) is 18.9 Å². The standard InChI is InChI=1S/C6H4F6O5/c7-3(13)14-1-2-15-5(10)4(8,9)16-6(11,12)17-5/h1-2H2. The van der Waals surface area contributed by atoms with E-state index in [1.54, 1.807) is 0 Å². The van der Waals surface area contributed by atoms with Gasteiger partial charge in [0.05, 0.1) is 6.61 Å². The minimum absolute atomic E-state index is 0.980. The molecule has 1 aliphatic heterocycles. The largest absolute Gasteiger partial charge is 0.495 e. The van der Waals surface area contributed by atoms with E-state index in [-0.39, 0.29) is 0 Å². The smallest absolute Gasteiger partial charge is 0.438 e. The Kier molecular flexibility index (Phi) is 3.55. The quantitative estimate of drug-likeness (QED) is 0.444. The number of carbonyl (C=O) groups is 1. The first-order chi connectivity index (χ1) is 7.58. The van der Waals surface area contributed by atoms with E-state index in [4.69, 9.17) is 0 Å². The summed E-state index contributed by atoms with van der Waals surface area (Å²) in [4.78, 5) is 9.59. The molecule has 100 valence electrons. The molecule has 1 saturated heterocycles. The first-order valence-corrected chi connectivity index (χ1v) is 3.89. The summed E-state index contributed by atoms with van der Waals surface area (Å²) in [6, 6.07) is -4.56. The summed E-state index contributed by atoms with van der Waals surface area (Å²) >= 11 is 0. The van der Waals surface area contributed by atoms with E-state index in [9.17, 15) is 31.1 Å². The predicted molar refractivity (Wildman–Crippen MR) is 34.3 cm³/mol. The molecule has 17 heavy (non-hydrogen) atoms. The summed E-state index contributed by atoms with van der Waals surface area (Å²) in [5.41, 5.74) is 0. The van der Waals surface area contributed by atoms with Crippen LogP contribution >= 0.6 is 0 Å². The third-order valence-electron chi connectivity index (χ3n) is 1.43. The second-order valence-electron chi connectivity index (χ2n) is 2.66. The number of carbonyl (C=O) groups excluding carboxylic acids is 1. The van der Waals surface area contributed by atoms with Gasteiger partial charge >= 0.3 is 24.7 Å². The number of hydrogen-bond donors (Lipinski definition) is 0. The topological polar surface area (TPSA) is 54.0 Å². The lowest BCUT2D eigenvalue weighted by Gasteiger charge is -2.21. The molecule has 0 spiro atoms. The van der Waals surface area contributed by atoms with Gasteiger partial charge in [0.15, 0.2) is 0 Å². The molecular formula is C6H4F6O5. The lowest BCUT2D eigenvalue weighted by atomic mass is 10.5. The Morgan fingerprint density at radius 1 is 1.06 bits per heavy atom. The number of alkyl halides is 5. The van der Waals surface area contributed by atoms with Crippen LogP contribution < -0.4 is 0 Å². The molecule has 0 aliphatic carbocycles. The second-order valence-corrected chi connectivity index (χ2v) is 2.66. The van der Waals surface area contributed by atoms with Crippen LogP contribution in [0.4, 0.5) is 31.1 Å². The summed E-state index contributed by atoms with van der Waals surface area (Å²) < 4.78 is 86.7. The Bertz CT molecular complexity index is 309. The molecule has 0 aromatic rings. The minimum atomic E-state index is -5.07. The fourth-order valence-corrected chi connectivity index (χ4v) is 0.852. The molecule has 1 unspecified atom stereocenters. The van der Waals surface area contributed by atoms with Crippen molar-refractivity contribution in [3.8, 4) is 0 Å². The van der Waals surface area contributed by atoms with Crippen LogP contribution in [-0.4, -0.2) is 37.9 Å². The van der Waals surface area contributed by atoms with E-state index < -0.39 is 37.9 Å². The molecule has 0 bridgehead atoms. The second kappa shape index (κ2) is 4.31. The lowest BCUT2D eigenvalue weighted by Crippen LogP contribution is -2.44. The molecular weight excluding hydrogens is 266 g/mol. The van der Waals surface area contributed by atoms with Crippen LogP contribution in [0, 0.1) is 0 Å². The Hall–Kier alpha value is -1.07. The zero-order chi connectivity index (χ0) is 13.3. The summed E-state index contributed by atoms with van der Waals surface area (Å²) in [5.74, 6) is 0. The number of ether oxygens (including phenoxy) is 4. The van der Waals surface area contributed by atoms with Gasteiger partial charge in [-0.3, -0.25) is 0 Å². The summed E-state index contributed by atoms with van der Waals surface area (Å²) in [6.07, 6.45) is -12.2. The van der Waals surface area contributed by atoms with Gasteiger partial charge in [-0.05, 0) is 0 Å². The van der Waals surface area contributed by atoms with Gasteiger partial charge in [0.2, 0.25) is 0 Å². The third kappa shape index (κ3) is 3.20. The Balaban J connectivity index is 2.53. The minimum Gasteiger partial charge on any atom is -0.438 e. The van der Waals surface area contributed by atoms with E-state index in [2.05, 4.69) is 18.9 Å². The summed E-state index contributed by atoms with van der Waals surface area (Å²) in [5, 5.41) is 0. The van der Waals surface area contributed by atoms with Gasteiger partial charge < -0.3 is 9.47 Å². The highest BCUT2D eigenvalue weighted by Crippen LogP contribution is 2.49. The molecule has 5 nitrogen and oxygen atoms in total. The first-order valence-electron chi connectivity index (χ1n) is 3.89. The van der Waals surface area contributed by atoms with Gasteiger partial charge in [0, 0.05) is 0 Å². The summed E-state index contributed by atoms with van der Waals surface area (Å²) in [7, 11) is 0. The molecule has 0 N–H and O–H groups in total. The SMILES string of the molecule is O=C(F)OCCOC1(F)OC(F)(F)OC1(F)F. The zero-order valence-electron chi connectivity index (χ0n) is 7.72. The van der Waals surface area contributed by atoms with Gasteiger partial charge in [0.1, 0.15) is 6.61 Å². The van der Waals surface area contributed by atoms with E-state index in [0.717, 1.165) is 0 Å². The van der Waals surface area contributed by atoms with Crippen molar-refractivity contribution in [2.45, 2.75) is 18.4 Å². The molecule has 1 atom stereocenters. The van der Waals surface area contributed by atoms with Crippen molar-refractivity contribution in [3.05, 3.63) is 0 Å². The molecule has 0 saturated carbocycles. The molecule has 0 radical (unpaired) electrons. The lowest BCUT2D eigenvalue weighted by molar-refractivity contribution is -0.412. The monoisotopic (exact) mass is 270 g/mol. The molecule has 0 aromatic heterocycles. The predicted octanol–water partition coefficient (Wildman–Crippen LogP) is 1.92. The van der Waals surface area contributed by atoms with Gasteiger partial charge in [-0.1, -0.05) is 0 Å². The van der Waals surface area contributed by atoms with Gasteiger partial charge in [0.25, 0.3) is 0 Å². The van der Waals surface area contributed by atoms with Crippen molar-refractivity contribution in [2.24, 2.45) is 0 Å². The van der Waals surface area contributed by atoms with Gasteiger partial charge in [-0.25, -0.2) is 14.3 Å². The molecule has 1 heterocycles. The van der Waals surface area contributed by atoms with E-state index in [1.807, 2.05) is 0 Å². The van der Waals surface area contributed by atoms with Crippen molar-refractivity contribution in [1.29, 1.82) is 0 Å². The maximum atomic E-state index is 13.1. The van der Waals surface area contributed by atoms with Crippen LogP contribution in [0.3, 0.4) is 0 Å². The molecule has 0 amide bonds. The average Bonchev–Trinajstić information content (AvgIpc) is 2.24. The van der Waals surface area contributed by atoms with Crippen LogP contribution in [0.25, 0.3) is 0 Å². The Morgan fingerprint density at radius 3 is 2.06 bits per heavy atom. The van der Waals surface area contributed by atoms with Crippen molar-refractivity contribution >= 4 is 6.22 Å². The molecule has 1 fully saturated rings. The fraction of sp³-hybridized carbons (Fsp3) is 0.833. The summed E-state index contributed by atoms with van der Waals surface area (Å²) in [6.45, 7) is -2.13. The number of halogens is 6. The number of rotatable bonds is 4. The highest BCUT2D eigenvalue weighted by atomic mass is 19.3. The molecule has 1 aliphatic rings. The van der Waals surface area contributed by atoms with E-state index in [1.165, 1.54) is 0 Å². The van der Waals surface area contributed by atoms with Crippen LogP contribution in [0.5, 0.6) is 0 Å². The van der Waals surface area contributed by atoms with Crippen molar-refractivity contribution in [3.63, 3.8) is 0 Å². The first kappa shape index (κ1) is 14.0. The third-order valence-corrected chi connectivity index (χ3v) is 1.43. The highest BCUT2D eigenvalue weighted by Gasteiger charge is 2.75. The Labute approximate surface area is 89.2 Å². The zero-order valence-corrected chi connectivity index (χ0v) is 7.72. The van der Waals surface area contributed by atoms with Crippen molar-refractivity contribution < 1.29 is 50.1 Å². The normalized spacial score (nSPS) is 30.2. The molecule has 11 heteroatoms. The van der Waals surface area contributed by atoms with Crippen molar-refractivity contribution in [1.82, 2.24) is 0 Å². The Morgan fingerprint density at radius 2 is 1.65 bits per heavy atom. The fourth-order valence-electron chi connectivity index (χ4n) is 0.852. The average molecular weight is 270 g/mol.